The van der Waals surface area contributed by atoms with E-state index >= 15 is 0 Å². The Kier molecular flexibility index (Phi) is 18.5. The first-order valence-corrected chi connectivity index (χ1v) is 18.1. The molecule has 2 heterocycles. The van der Waals surface area contributed by atoms with Crippen LogP contribution in [0.2, 0.25) is 0 Å². The van der Waals surface area contributed by atoms with Gasteiger partial charge in [-0.15, -0.1) is 0 Å². The van der Waals surface area contributed by atoms with Crippen LogP contribution in [0.4, 0.5) is 0 Å². The Labute approximate surface area is 316 Å². The lowest BCUT2D eigenvalue weighted by atomic mass is 10.1. The van der Waals surface area contributed by atoms with Crippen LogP contribution in [0.25, 0.3) is 22.1 Å². The number of nitrogens with zero attached hydrogens (tertiary/aromatic N) is 4. The minimum atomic E-state index is 0. The minimum Gasteiger partial charge on any atom is -1.00 e. The molecule has 0 aliphatic heterocycles. The molecule has 5 rings (SSSR count). The van der Waals surface area contributed by atoms with Gasteiger partial charge in [-0.2, -0.15) is 0 Å². The van der Waals surface area contributed by atoms with Crippen molar-refractivity contribution >= 4 is 22.1 Å². The first-order chi connectivity index (χ1) is 23.5. The number of rotatable bonds is 20. The van der Waals surface area contributed by atoms with Crippen molar-refractivity contribution in [1.29, 1.82) is 0 Å². The van der Waals surface area contributed by atoms with Gasteiger partial charge in [0.2, 0.25) is 34.7 Å². The lowest BCUT2D eigenvalue weighted by molar-refractivity contribution is -0.646. The summed E-state index contributed by atoms with van der Waals surface area (Å²) in [4.78, 5) is 0. The lowest BCUT2D eigenvalue weighted by Crippen LogP contribution is -3.00. The lowest BCUT2D eigenvalue weighted by Gasteiger charge is -2.12. The average Bonchev–Trinajstić information content (AvgIpc) is 3.60. The second kappa shape index (κ2) is 21.6. The average molecular weight is 746 g/mol. The van der Waals surface area contributed by atoms with Crippen LogP contribution in [-0.2, 0) is 27.2 Å². The molecule has 5 aromatic rings. The molecule has 0 atom stereocenters. The fraction of sp³-hybridized carbons (Fsp3) is 0.500. The summed E-state index contributed by atoms with van der Waals surface area (Å²) < 4.78 is 34.3. The van der Waals surface area contributed by atoms with Crippen LogP contribution in [0.3, 0.4) is 0 Å². The van der Waals surface area contributed by atoms with E-state index in [1.54, 1.807) is 0 Å². The molecule has 2 N–H and O–H groups in total. The van der Waals surface area contributed by atoms with E-state index in [2.05, 4.69) is 121 Å². The van der Waals surface area contributed by atoms with E-state index in [9.17, 15) is 0 Å². The molecule has 282 valence electrons. The number of aryl methyl sites for hydroxylation is 2. The standard InChI is InChI=1S/C40H56N4O4.2ClH.H2O/c1-7-11-23-45-33-19-21-35(47-25-13-9-3)39-37(33)41(5)29-43(39)27-31-17-15-16-18-32(31)28-44-30-42(6)38-34(46-24-12-8-2)20-22-36(40(38)44)48-26-14-10-4;;;/h15-22,29-30H,7-14,23-28H2,1-6H3;2*1H;1H2/q+2;;;/p-2. The van der Waals surface area contributed by atoms with Crippen LogP contribution < -0.4 is 52.9 Å². The van der Waals surface area contributed by atoms with Crippen LogP contribution in [0.15, 0.2) is 61.2 Å². The molecule has 9 nitrogen and oxygen atoms in total. The van der Waals surface area contributed by atoms with Crippen molar-refractivity contribution in [2.75, 3.05) is 26.4 Å². The predicted molar refractivity (Wildman–Crippen MR) is 196 cm³/mol. The monoisotopic (exact) mass is 744 g/mol. The van der Waals surface area contributed by atoms with Gasteiger partial charge in [-0.1, -0.05) is 77.6 Å². The Balaban J connectivity index is 0.00000300. The highest BCUT2D eigenvalue weighted by atomic mass is 35.5. The topological polar surface area (TPSA) is 86.0 Å². The minimum absolute atomic E-state index is 0. The largest absolute Gasteiger partial charge is 1.00 e. The first kappa shape index (κ1) is 43.5. The molecule has 0 bridgehead atoms. The van der Waals surface area contributed by atoms with E-state index in [0.29, 0.717) is 39.5 Å². The maximum absolute atomic E-state index is 6.39. The molecule has 0 aliphatic carbocycles. The van der Waals surface area contributed by atoms with Crippen molar-refractivity contribution in [3.05, 3.63) is 72.3 Å². The molecular formula is C40H58Cl2N4O5. The van der Waals surface area contributed by atoms with Gasteiger partial charge >= 0.3 is 0 Å². The summed E-state index contributed by atoms with van der Waals surface area (Å²) in [6.45, 7) is 13.0. The molecule has 11 heteroatoms. The fourth-order valence-electron chi connectivity index (χ4n) is 6.22. The molecule has 0 saturated carbocycles. The molecule has 51 heavy (non-hydrogen) atoms. The number of unbranched alkanes of at least 4 members (excludes halogenated alkanes) is 4. The maximum atomic E-state index is 6.39. The van der Waals surface area contributed by atoms with Gasteiger partial charge in [0.25, 0.3) is 0 Å². The van der Waals surface area contributed by atoms with Gasteiger partial charge in [-0.05, 0) is 49.9 Å². The van der Waals surface area contributed by atoms with Crippen molar-refractivity contribution < 1.29 is 58.4 Å². The van der Waals surface area contributed by atoms with Gasteiger partial charge in [-0.3, -0.25) is 0 Å². The normalized spacial score (nSPS) is 10.8. The Morgan fingerprint density at radius 2 is 0.804 bits per heavy atom. The van der Waals surface area contributed by atoms with Crippen molar-refractivity contribution in [2.45, 2.75) is 92.2 Å². The molecule has 0 aliphatic rings. The van der Waals surface area contributed by atoms with Gasteiger partial charge in [0.05, 0.1) is 40.5 Å². The summed E-state index contributed by atoms with van der Waals surface area (Å²) in [7, 11) is 4.19. The summed E-state index contributed by atoms with van der Waals surface area (Å²) in [6, 6.07) is 17.0. The van der Waals surface area contributed by atoms with Crippen LogP contribution in [0.5, 0.6) is 23.0 Å². The molecule has 0 radical (unpaired) electrons. The zero-order valence-corrected chi connectivity index (χ0v) is 32.9. The molecule has 0 amide bonds. The number of benzene rings is 3. The van der Waals surface area contributed by atoms with E-state index in [0.717, 1.165) is 96.4 Å². The number of hydrogen-bond acceptors (Lipinski definition) is 4. The summed E-state index contributed by atoms with van der Waals surface area (Å²) in [5, 5.41) is 0. The van der Waals surface area contributed by atoms with E-state index < -0.39 is 0 Å². The van der Waals surface area contributed by atoms with Crippen LogP contribution in [-0.4, -0.2) is 41.0 Å². The fourth-order valence-corrected chi connectivity index (χ4v) is 6.22. The number of aromatic nitrogens is 4. The van der Waals surface area contributed by atoms with Crippen LogP contribution >= 0.6 is 0 Å². The molecule has 3 aromatic carbocycles. The summed E-state index contributed by atoms with van der Waals surface area (Å²) in [5.74, 6) is 3.59. The van der Waals surface area contributed by atoms with Crippen molar-refractivity contribution in [1.82, 2.24) is 9.13 Å². The van der Waals surface area contributed by atoms with Crippen LogP contribution in [0.1, 0.15) is 90.2 Å². The van der Waals surface area contributed by atoms with Gasteiger partial charge in [0.15, 0.2) is 23.0 Å². The number of halogens is 2. The third kappa shape index (κ3) is 10.5. The summed E-state index contributed by atoms with van der Waals surface area (Å²) in [6.07, 6.45) is 12.8. The SMILES string of the molecule is CCCCOc1ccc(OCCCC)c2c1n(Cc1ccccc1Cn1c[n+](C)c3c(OCCCC)ccc(OCCCC)c31)c[n+]2C.O.[Cl-].[Cl-]. The molecular weight excluding hydrogens is 687 g/mol. The number of fused-ring (bicyclic) bond motifs is 2. The highest BCUT2D eigenvalue weighted by Gasteiger charge is 2.26. The smallest absolute Gasteiger partial charge is 0.245 e. The Hall–Kier alpha value is -3.66. The molecule has 0 saturated heterocycles. The van der Waals surface area contributed by atoms with Gasteiger partial charge in [0.1, 0.15) is 13.1 Å². The Bertz CT molecular complexity index is 1660. The van der Waals surface area contributed by atoms with Gasteiger partial charge < -0.3 is 49.2 Å². The predicted octanol–water partition coefficient (Wildman–Crippen LogP) is 1.24. The zero-order valence-electron chi connectivity index (χ0n) is 31.4. The van der Waals surface area contributed by atoms with E-state index in [1.165, 1.54) is 11.1 Å². The van der Waals surface area contributed by atoms with Gasteiger partial charge in [-0.25, -0.2) is 18.3 Å². The Morgan fingerprint density at radius 3 is 1.14 bits per heavy atom. The zero-order chi connectivity index (χ0) is 33.9. The van der Waals surface area contributed by atoms with E-state index in [-0.39, 0.29) is 30.3 Å². The molecule has 0 spiro atoms. The van der Waals surface area contributed by atoms with Crippen molar-refractivity contribution in [3.63, 3.8) is 0 Å². The van der Waals surface area contributed by atoms with Crippen molar-refractivity contribution in [2.24, 2.45) is 14.1 Å². The second-order valence-electron chi connectivity index (χ2n) is 12.8. The van der Waals surface area contributed by atoms with Crippen molar-refractivity contribution in [3.8, 4) is 23.0 Å². The van der Waals surface area contributed by atoms with Crippen LogP contribution in [0, 0.1) is 0 Å². The third-order valence-corrected chi connectivity index (χ3v) is 8.88. The highest BCUT2D eigenvalue weighted by Crippen LogP contribution is 2.34. The second-order valence-corrected chi connectivity index (χ2v) is 12.8. The summed E-state index contributed by atoms with van der Waals surface area (Å²) >= 11 is 0. The quantitative estimate of drug-likeness (QED) is 0.0888. The number of hydrogen-bond donors (Lipinski definition) is 0. The van der Waals surface area contributed by atoms with Gasteiger partial charge in [0, 0.05) is 11.1 Å². The third-order valence-electron chi connectivity index (χ3n) is 8.88. The number of imidazole rings is 2. The van der Waals surface area contributed by atoms with E-state index in [4.69, 9.17) is 18.9 Å². The maximum Gasteiger partial charge on any atom is 0.245 e. The Morgan fingerprint density at radius 1 is 0.490 bits per heavy atom. The molecule has 2 aromatic heterocycles. The molecule has 0 unspecified atom stereocenters. The number of ether oxygens (including phenoxy) is 4. The first-order valence-electron chi connectivity index (χ1n) is 18.1. The highest BCUT2D eigenvalue weighted by molar-refractivity contribution is 5.86. The van der Waals surface area contributed by atoms with E-state index in [1.807, 2.05) is 0 Å². The summed E-state index contributed by atoms with van der Waals surface area (Å²) in [5.41, 5.74) is 6.75. The molecule has 0 fully saturated rings.